The molecule has 1 heterocycles. The predicted octanol–water partition coefficient (Wildman–Crippen LogP) is 4.15. The number of nitrogens with one attached hydrogen (secondary N) is 1. The van der Waals surface area contributed by atoms with Crippen LogP contribution < -0.4 is 10.2 Å². The topological polar surface area (TPSA) is 15.3 Å². The minimum absolute atomic E-state index is 1.08. The molecule has 1 aromatic rings. The number of nitrogens with zero attached hydrogens (tertiary/aromatic N) is 1. The minimum Gasteiger partial charge on any atom is -0.385 e. The third kappa shape index (κ3) is 4.34. The summed E-state index contributed by atoms with van der Waals surface area (Å²) in [7, 11) is 0. The molecular weight excluding hydrogens is 252 g/mol. The molecule has 0 radical (unpaired) electrons. The van der Waals surface area contributed by atoms with Crippen molar-refractivity contribution in [3.05, 3.63) is 23.8 Å². The first-order valence-corrected chi connectivity index (χ1v) is 8.64. The maximum absolute atomic E-state index is 3.56. The lowest BCUT2D eigenvalue weighted by molar-refractivity contribution is 0.949. The van der Waals surface area contributed by atoms with E-state index in [4.69, 9.17) is 0 Å². The molecule has 0 spiro atoms. The predicted molar refractivity (Wildman–Crippen MR) is 88.7 cm³/mol. The first-order valence-electron chi connectivity index (χ1n) is 7.48. The first-order chi connectivity index (χ1) is 9.31. The molecule has 0 saturated carbocycles. The largest absolute Gasteiger partial charge is 0.385 e. The molecule has 1 aliphatic heterocycles. The second kappa shape index (κ2) is 7.68. The molecule has 0 aromatic heterocycles. The van der Waals surface area contributed by atoms with Crippen molar-refractivity contribution in [2.45, 2.75) is 33.1 Å². The van der Waals surface area contributed by atoms with Gasteiger partial charge in [0.05, 0.1) is 0 Å². The highest BCUT2D eigenvalue weighted by Crippen LogP contribution is 2.25. The molecule has 1 fully saturated rings. The van der Waals surface area contributed by atoms with Crippen LogP contribution in [-0.2, 0) is 0 Å². The van der Waals surface area contributed by atoms with Crippen molar-refractivity contribution in [2.75, 3.05) is 41.4 Å². The molecular formula is C16H26N2S. The van der Waals surface area contributed by atoms with E-state index in [0.717, 1.165) is 6.54 Å². The van der Waals surface area contributed by atoms with Crippen LogP contribution in [0.5, 0.6) is 0 Å². The summed E-state index contributed by atoms with van der Waals surface area (Å²) in [4.78, 5) is 2.49. The molecule has 0 unspecified atom stereocenters. The van der Waals surface area contributed by atoms with Crippen molar-refractivity contribution < 1.29 is 0 Å². The van der Waals surface area contributed by atoms with Gasteiger partial charge in [-0.2, -0.15) is 11.8 Å². The van der Waals surface area contributed by atoms with Crippen molar-refractivity contribution in [1.29, 1.82) is 0 Å². The van der Waals surface area contributed by atoms with Gasteiger partial charge in [0.25, 0.3) is 0 Å². The van der Waals surface area contributed by atoms with Crippen molar-refractivity contribution in [3.63, 3.8) is 0 Å². The Kier molecular flexibility index (Phi) is 5.90. The normalized spacial score (nSPS) is 14.9. The summed E-state index contributed by atoms with van der Waals surface area (Å²) in [6, 6.07) is 6.84. The van der Waals surface area contributed by atoms with Gasteiger partial charge in [0.1, 0.15) is 0 Å². The molecule has 0 amide bonds. The van der Waals surface area contributed by atoms with Crippen LogP contribution >= 0.6 is 11.8 Å². The molecule has 1 saturated heterocycles. The molecule has 0 aliphatic carbocycles. The fraction of sp³-hybridized carbons (Fsp3) is 0.625. The van der Waals surface area contributed by atoms with Crippen molar-refractivity contribution in [3.8, 4) is 0 Å². The number of aryl methyl sites for hydroxylation is 1. The molecule has 106 valence electrons. The fourth-order valence-electron chi connectivity index (χ4n) is 2.56. The summed E-state index contributed by atoms with van der Waals surface area (Å²) in [6.45, 7) is 7.96. The van der Waals surface area contributed by atoms with Crippen molar-refractivity contribution in [2.24, 2.45) is 0 Å². The quantitative estimate of drug-likeness (QED) is 0.754. The lowest BCUT2D eigenvalue weighted by Gasteiger charge is -2.19. The Bertz CT molecular complexity index is 386. The molecule has 3 heteroatoms. The van der Waals surface area contributed by atoms with Gasteiger partial charge in [-0.3, -0.25) is 0 Å². The fourth-order valence-corrected chi connectivity index (χ4v) is 3.20. The van der Waals surface area contributed by atoms with E-state index in [2.05, 4.69) is 42.3 Å². The Morgan fingerprint density at radius 3 is 2.74 bits per heavy atom. The van der Waals surface area contributed by atoms with Gasteiger partial charge < -0.3 is 10.2 Å². The Balaban J connectivity index is 1.84. The van der Waals surface area contributed by atoms with E-state index in [-0.39, 0.29) is 0 Å². The molecule has 1 aromatic carbocycles. The highest BCUT2D eigenvalue weighted by Gasteiger charge is 2.12. The Morgan fingerprint density at radius 1 is 1.26 bits per heavy atom. The van der Waals surface area contributed by atoms with Gasteiger partial charge in [0.2, 0.25) is 0 Å². The standard InChI is InChI=1S/C16H26N2S/c1-3-19-12-6-9-17-16-8-7-15(13-14(16)2)18-10-4-5-11-18/h7-8,13,17H,3-6,9-12H2,1-2H3. The number of rotatable bonds is 7. The van der Waals surface area contributed by atoms with Gasteiger partial charge in [-0.05, 0) is 61.5 Å². The lowest BCUT2D eigenvalue weighted by atomic mass is 10.1. The van der Waals surface area contributed by atoms with E-state index in [1.54, 1.807) is 0 Å². The maximum atomic E-state index is 3.56. The van der Waals surface area contributed by atoms with E-state index in [1.165, 1.54) is 60.8 Å². The number of hydrogen-bond acceptors (Lipinski definition) is 3. The molecule has 0 bridgehead atoms. The minimum atomic E-state index is 1.08. The molecule has 1 N–H and O–H groups in total. The van der Waals surface area contributed by atoms with Crippen LogP contribution in [0.3, 0.4) is 0 Å². The number of thioether (sulfide) groups is 1. The Labute approximate surface area is 122 Å². The van der Waals surface area contributed by atoms with Gasteiger partial charge in [-0.1, -0.05) is 6.92 Å². The van der Waals surface area contributed by atoms with Crippen LogP contribution in [0, 0.1) is 6.92 Å². The van der Waals surface area contributed by atoms with Crippen LogP contribution in [0.1, 0.15) is 31.7 Å². The zero-order valence-corrected chi connectivity index (χ0v) is 13.1. The van der Waals surface area contributed by atoms with Gasteiger partial charge in [0.15, 0.2) is 0 Å². The third-order valence-corrected chi connectivity index (χ3v) is 4.65. The molecule has 1 aliphatic rings. The average molecular weight is 278 g/mol. The highest BCUT2D eigenvalue weighted by molar-refractivity contribution is 7.99. The summed E-state index contributed by atoms with van der Waals surface area (Å²) < 4.78 is 0. The average Bonchev–Trinajstić information content (AvgIpc) is 2.94. The zero-order valence-electron chi connectivity index (χ0n) is 12.2. The van der Waals surface area contributed by atoms with E-state index in [1.807, 2.05) is 11.8 Å². The van der Waals surface area contributed by atoms with E-state index >= 15 is 0 Å². The maximum Gasteiger partial charge on any atom is 0.0371 e. The smallest absolute Gasteiger partial charge is 0.0371 e. The summed E-state index contributed by atoms with van der Waals surface area (Å²) in [5, 5.41) is 3.56. The Morgan fingerprint density at radius 2 is 2.05 bits per heavy atom. The van der Waals surface area contributed by atoms with Gasteiger partial charge >= 0.3 is 0 Å². The van der Waals surface area contributed by atoms with Crippen LogP contribution in [0.25, 0.3) is 0 Å². The zero-order chi connectivity index (χ0) is 13.5. The Hall–Kier alpha value is -0.830. The number of anilines is 2. The van der Waals surface area contributed by atoms with Crippen LogP contribution in [0.15, 0.2) is 18.2 Å². The van der Waals surface area contributed by atoms with Gasteiger partial charge in [-0.25, -0.2) is 0 Å². The summed E-state index contributed by atoms with van der Waals surface area (Å²) >= 11 is 2.02. The highest BCUT2D eigenvalue weighted by atomic mass is 32.2. The second-order valence-corrected chi connectivity index (χ2v) is 6.56. The van der Waals surface area contributed by atoms with Crippen molar-refractivity contribution >= 4 is 23.1 Å². The lowest BCUT2D eigenvalue weighted by Crippen LogP contribution is -2.17. The molecule has 2 rings (SSSR count). The van der Waals surface area contributed by atoms with Gasteiger partial charge in [0, 0.05) is 31.0 Å². The van der Waals surface area contributed by atoms with Crippen LogP contribution in [-0.4, -0.2) is 31.1 Å². The first kappa shape index (κ1) is 14.6. The second-order valence-electron chi connectivity index (χ2n) is 5.17. The third-order valence-electron chi connectivity index (χ3n) is 3.67. The van der Waals surface area contributed by atoms with E-state index in [9.17, 15) is 0 Å². The van der Waals surface area contributed by atoms with E-state index < -0.39 is 0 Å². The summed E-state index contributed by atoms with van der Waals surface area (Å²) in [5.74, 6) is 2.48. The monoisotopic (exact) mass is 278 g/mol. The van der Waals surface area contributed by atoms with Crippen molar-refractivity contribution in [1.82, 2.24) is 0 Å². The van der Waals surface area contributed by atoms with E-state index in [0.29, 0.717) is 0 Å². The summed E-state index contributed by atoms with van der Waals surface area (Å²) in [6.07, 6.45) is 3.92. The molecule has 2 nitrogen and oxygen atoms in total. The number of benzene rings is 1. The summed E-state index contributed by atoms with van der Waals surface area (Å²) in [5.41, 5.74) is 4.05. The molecule has 0 atom stereocenters. The van der Waals surface area contributed by atoms with Gasteiger partial charge in [-0.15, -0.1) is 0 Å². The number of hydrogen-bond donors (Lipinski definition) is 1. The molecule has 19 heavy (non-hydrogen) atoms. The SMILES string of the molecule is CCSCCCNc1ccc(N2CCCC2)cc1C. The van der Waals surface area contributed by atoms with Crippen LogP contribution in [0.4, 0.5) is 11.4 Å². The van der Waals surface area contributed by atoms with Crippen LogP contribution in [0.2, 0.25) is 0 Å².